The van der Waals surface area contributed by atoms with Crippen LogP contribution in [0.2, 0.25) is 26.2 Å². The van der Waals surface area contributed by atoms with Gasteiger partial charge in [-0.3, -0.25) is 0 Å². The molecule has 0 aromatic heterocycles. The molecule has 0 saturated heterocycles. The van der Waals surface area contributed by atoms with Crippen molar-refractivity contribution in [2.75, 3.05) is 0 Å². The van der Waals surface area contributed by atoms with E-state index in [0.717, 1.165) is 0 Å². The molecule has 0 bridgehead atoms. The third kappa shape index (κ3) is 2.89. The Balaban J connectivity index is 5.30. The van der Waals surface area contributed by atoms with Gasteiger partial charge in [0.25, 0.3) is 0 Å². The first-order valence-electron chi connectivity index (χ1n) is 3.88. The number of alkyl halides is 4. The quantitative estimate of drug-likeness (QED) is 0.367. The lowest BCUT2D eigenvalue weighted by molar-refractivity contribution is 1.02. The van der Waals surface area contributed by atoms with Crippen LogP contribution in [0.15, 0.2) is 0 Å². The van der Waals surface area contributed by atoms with Gasteiger partial charge in [-0.25, -0.2) is 0 Å². The molecule has 0 aromatic carbocycles. The Labute approximate surface area is 117 Å². The highest BCUT2D eigenvalue weighted by molar-refractivity contribution is 7.33. The molecule has 0 aliphatic heterocycles. The molecule has 0 nitrogen and oxygen atoms in total. The molecule has 0 aliphatic rings. The molecule has 0 aromatic rings. The first-order valence-corrected chi connectivity index (χ1v) is 13.4. The second-order valence-corrected chi connectivity index (χ2v) is 21.1. The van der Waals surface area contributed by atoms with Crippen molar-refractivity contribution in [2.24, 2.45) is 0 Å². The molecule has 0 rings (SSSR count). The van der Waals surface area contributed by atoms with Crippen molar-refractivity contribution < 1.29 is 0 Å². The molecule has 0 spiro atoms. The molecule has 86 valence electrons. The van der Waals surface area contributed by atoms with E-state index in [1.807, 2.05) is 0 Å². The van der Waals surface area contributed by atoms with E-state index in [1.165, 1.54) is 0 Å². The van der Waals surface area contributed by atoms with Crippen LogP contribution in [-0.2, 0) is 0 Å². The van der Waals surface area contributed by atoms with E-state index in [4.69, 9.17) is 68.6 Å². The highest BCUT2D eigenvalue weighted by Crippen LogP contribution is 2.55. The van der Waals surface area contributed by atoms with E-state index in [9.17, 15) is 0 Å². The Morgan fingerprint density at radius 1 is 0.643 bits per heavy atom. The van der Waals surface area contributed by atoms with Crippen molar-refractivity contribution in [1.82, 2.24) is 0 Å². The molecule has 0 radical (unpaired) electrons. The van der Waals surface area contributed by atoms with Gasteiger partial charge in [0.15, 0.2) is 22.7 Å². The van der Waals surface area contributed by atoms with Crippen LogP contribution in [0.3, 0.4) is 0 Å². The fourth-order valence-corrected chi connectivity index (χ4v) is 8.86. The van der Waals surface area contributed by atoms with Crippen molar-refractivity contribution in [2.45, 2.75) is 34.1 Å². The standard InChI is InChI=1S/C6H12Cl6Si2/c1-13(2,11)5(7,8)6(9,10)14(3,4)12/h1-4H3. The van der Waals surface area contributed by atoms with Crippen LogP contribution in [0.5, 0.6) is 0 Å². The second kappa shape index (κ2) is 4.45. The number of rotatable bonds is 3. The Morgan fingerprint density at radius 3 is 0.857 bits per heavy atom. The van der Waals surface area contributed by atoms with Crippen LogP contribution < -0.4 is 0 Å². The summed E-state index contributed by atoms with van der Waals surface area (Å²) in [7, 11) is -4.88. The molecule has 0 amide bonds. The second-order valence-electron chi connectivity index (χ2n) is 4.09. The lowest BCUT2D eigenvalue weighted by Gasteiger charge is -2.44. The van der Waals surface area contributed by atoms with Crippen LogP contribution in [0.25, 0.3) is 0 Å². The lowest BCUT2D eigenvalue weighted by atomic mass is 10.9. The molecule has 14 heavy (non-hydrogen) atoms. The van der Waals surface area contributed by atoms with E-state index in [-0.39, 0.29) is 0 Å². The van der Waals surface area contributed by atoms with Crippen LogP contribution in [0.4, 0.5) is 0 Å². The summed E-state index contributed by atoms with van der Waals surface area (Å²) in [5.74, 6) is 0. The van der Waals surface area contributed by atoms with E-state index in [1.54, 1.807) is 26.2 Å². The highest BCUT2D eigenvalue weighted by Gasteiger charge is 2.64. The van der Waals surface area contributed by atoms with Crippen molar-refractivity contribution in [3.63, 3.8) is 0 Å². The van der Waals surface area contributed by atoms with Crippen molar-refractivity contribution in [1.29, 1.82) is 0 Å². The van der Waals surface area contributed by atoms with Gasteiger partial charge in [0, 0.05) is 0 Å². The molecule has 8 heteroatoms. The SMILES string of the molecule is C[Si](C)(Cl)C(Cl)(Cl)C(Cl)(Cl)[Si](C)(C)Cl. The third-order valence-corrected chi connectivity index (χ3v) is 16.6. The van der Waals surface area contributed by atoms with Gasteiger partial charge < -0.3 is 0 Å². The Kier molecular flexibility index (Phi) is 5.14. The fraction of sp³-hybridized carbons (Fsp3) is 1.00. The molecule has 0 saturated carbocycles. The summed E-state index contributed by atoms with van der Waals surface area (Å²) in [5, 5.41) is 0. The van der Waals surface area contributed by atoms with Gasteiger partial charge in [-0.05, 0) is 0 Å². The van der Waals surface area contributed by atoms with Crippen molar-refractivity contribution in [3.8, 4) is 0 Å². The van der Waals surface area contributed by atoms with Crippen LogP contribution in [0.1, 0.15) is 0 Å². The number of halogens is 6. The zero-order chi connectivity index (χ0) is 12.0. The van der Waals surface area contributed by atoms with E-state index >= 15 is 0 Å². The first-order chi connectivity index (χ1) is 5.75. The summed E-state index contributed by atoms with van der Waals surface area (Å²) in [5.41, 5.74) is 0. The monoisotopic (exact) mass is 350 g/mol. The van der Waals surface area contributed by atoms with Crippen molar-refractivity contribution >= 4 is 83.3 Å². The minimum atomic E-state index is -2.44. The topological polar surface area (TPSA) is 0 Å². The maximum atomic E-state index is 6.19. The molecule has 0 aliphatic carbocycles. The average molecular weight is 353 g/mol. The number of hydrogen-bond donors (Lipinski definition) is 0. The molecule has 0 fully saturated rings. The summed E-state index contributed by atoms with van der Waals surface area (Å²) in [4.78, 5) is 0. The highest BCUT2D eigenvalue weighted by atomic mass is 35.6. The van der Waals surface area contributed by atoms with Crippen LogP contribution in [-0.4, -0.2) is 22.7 Å². The largest absolute Gasteiger partial charge is 0.193 e. The van der Waals surface area contributed by atoms with E-state index in [2.05, 4.69) is 0 Å². The van der Waals surface area contributed by atoms with Crippen molar-refractivity contribution in [3.05, 3.63) is 0 Å². The maximum absolute atomic E-state index is 6.19. The van der Waals surface area contributed by atoms with Crippen LogP contribution >= 0.6 is 68.6 Å². The summed E-state index contributed by atoms with van der Waals surface area (Å²) in [6.45, 7) is 7.13. The van der Waals surface area contributed by atoms with E-state index in [0.29, 0.717) is 0 Å². The number of hydrogen-bond acceptors (Lipinski definition) is 0. The molecular formula is C6H12Cl6Si2. The minimum absolute atomic E-state index is 1.37. The predicted molar refractivity (Wildman–Crippen MR) is 75.5 cm³/mol. The summed E-state index contributed by atoms with van der Waals surface area (Å²) < 4.78 is -2.75. The molecule has 0 atom stereocenters. The lowest BCUT2D eigenvalue weighted by Crippen LogP contribution is -2.62. The summed E-state index contributed by atoms with van der Waals surface area (Å²) in [6, 6.07) is 0. The van der Waals surface area contributed by atoms with Gasteiger partial charge in [0.05, 0.1) is 0 Å². The van der Waals surface area contributed by atoms with Gasteiger partial charge in [0.2, 0.25) is 0 Å². The van der Waals surface area contributed by atoms with Gasteiger partial charge in [-0.2, -0.15) is 22.2 Å². The predicted octanol–water partition coefficient (Wildman–Crippen LogP) is 5.30. The minimum Gasteiger partial charge on any atom is -0.164 e. The summed E-state index contributed by atoms with van der Waals surface area (Å²) >= 11 is 37.1. The van der Waals surface area contributed by atoms with Gasteiger partial charge in [-0.15, -0.1) is 46.4 Å². The van der Waals surface area contributed by atoms with Gasteiger partial charge >= 0.3 is 0 Å². The average Bonchev–Trinajstić information content (AvgIpc) is 1.81. The van der Waals surface area contributed by atoms with Crippen LogP contribution in [0, 0.1) is 0 Å². The Hall–Kier alpha value is 2.17. The third-order valence-electron chi connectivity index (χ3n) is 1.89. The Bertz CT molecular complexity index is 189. The molecular weight excluding hydrogens is 341 g/mol. The normalized spacial score (nSPS) is 15.9. The van der Waals surface area contributed by atoms with E-state index < -0.39 is 22.7 Å². The smallest absolute Gasteiger partial charge is 0.164 e. The maximum Gasteiger partial charge on any atom is 0.193 e. The summed E-state index contributed by atoms with van der Waals surface area (Å²) in [6.07, 6.45) is 0. The van der Waals surface area contributed by atoms with Gasteiger partial charge in [0.1, 0.15) is 0 Å². The Morgan fingerprint density at radius 2 is 0.786 bits per heavy atom. The molecule has 0 heterocycles. The molecule has 0 unspecified atom stereocenters. The zero-order valence-electron chi connectivity index (χ0n) is 8.27. The molecule has 0 N–H and O–H groups in total. The first kappa shape index (κ1) is 16.2. The zero-order valence-corrected chi connectivity index (χ0v) is 14.8. The van der Waals surface area contributed by atoms with Gasteiger partial charge in [-0.1, -0.05) is 26.2 Å². The fourth-order valence-electron chi connectivity index (χ4n) is 0.747.